The van der Waals surface area contributed by atoms with E-state index >= 15 is 0 Å². The fourth-order valence-corrected chi connectivity index (χ4v) is 1.23. The summed E-state index contributed by atoms with van der Waals surface area (Å²) in [5.74, 6) is -0.499. The van der Waals surface area contributed by atoms with Gasteiger partial charge in [0.25, 0.3) is 0 Å². The molecule has 0 aliphatic carbocycles. The van der Waals surface area contributed by atoms with E-state index in [-0.39, 0.29) is 5.78 Å². The van der Waals surface area contributed by atoms with Crippen molar-refractivity contribution in [1.82, 2.24) is 0 Å². The largest absolute Gasteiger partial charge is 0.465 e. The SMILES string of the molecule is CCOC(=O)C(C)(C)C(=O)CCC=C(C)C. The van der Waals surface area contributed by atoms with Crippen molar-refractivity contribution < 1.29 is 14.3 Å². The Hall–Kier alpha value is -1.12. The highest BCUT2D eigenvalue weighted by molar-refractivity contribution is 6.02. The number of ether oxygens (including phenoxy) is 1. The van der Waals surface area contributed by atoms with Gasteiger partial charge >= 0.3 is 5.97 Å². The molecule has 0 aromatic rings. The van der Waals surface area contributed by atoms with Gasteiger partial charge in [0.1, 0.15) is 11.2 Å². The highest BCUT2D eigenvalue weighted by atomic mass is 16.5. The third-order valence-electron chi connectivity index (χ3n) is 2.41. The molecule has 0 aliphatic heterocycles. The Morgan fingerprint density at radius 2 is 1.81 bits per heavy atom. The van der Waals surface area contributed by atoms with Gasteiger partial charge in [-0.15, -0.1) is 0 Å². The summed E-state index contributed by atoms with van der Waals surface area (Å²) < 4.78 is 4.88. The average Bonchev–Trinajstić information content (AvgIpc) is 2.17. The fourth-order valence-electron chi connectivity index (χ4n) is 1.23. The lowest BCUT2D eigenvalue weighted by molar-refractivity contribution is -0.157. The summed E-state index contributed by atoms with van der Waals surface area (Å²) in [5.41, 5.74) is 0.160. The molecule has 0 aromatic heterocycles. The van der Waals surface area contributed by atoms with E-state index in [1.165, 1.54) is 5.57 Å². The van der Waals surface area contributed by atoms with Crippen LogP contribution < -0.4 is 0 Å². The number of allylic oxidation sites excluding steroid dienone is 2. The van der Waals surface area contributed by atoms with Crippen LogP contribution in [0, 0.1) is 5.41 Å². The van der Waals surface area contributed by atoms with Crippen LogP contribution in [0.1, 0.15) is 47.5 Å². The molecule has 0 saturated heterocycles. The number of ketones is 1. The molecule has 92 valence electrons. The Labute approximate surface area is 97.9 Å². The lowest BCUT2D eigenvalue weighted by Crippen LogP contribution is -2.35. The van der Waals surface area contributed by atoms with E-state index in [1.807, 2.05) is 19.9 Å². The molecule has 0 atom stereocenters. The Balaban J connectivity index is 4.35. The van der Waals surface area contributed by atoms with Gasteiger partial charge in [-0.3, -0.25) is 9.59 Å². The van der Waals surface area contributed by atoms with Crippen molar-refractivity contribution in [3.63, 3.8) is 0 Å². The van der Waals surface area contributed by atoms with Gasteiger partial charge in [-0.2, -0.15) is 0 Å². The van der Waals surface area contributed by atoms with E-state index < -0.39 is 11.4 Å². The van der Waals surface area contributed by atoms with Crippen LogP contribution in [-0.2, 0) is 14.3 Å². The number of carbonyl (C=O) groups is 2. The number of rotatable bonds is 6. The number of hydrogen-bond acceptors (Lipinski definition) is 3. The summed E-state index contributed by atoms with van der Waals surface area (Å²) in [7, 11) is 0. The van der Waals surface area contributed by atoms with Crippen molar-refractivity contribution in [3.8, 4) is 0 Å². The van der Waals surface area contributed by atoms with Gasteiger partial charge in [-0.05, 0) is 41.0 Å². The Morgan fingerprint density at radius 1 is 1.25 bits per heavy atom. The van der Waals surface area contributed by atoms with Crippen LogP contribution in [-0.4, -0.2) is 18.4 Å². The average molecular weight is 226 g/mol. The zero-order chi connectivity index (χ0) is 12.8. The molecule has 3 nitrogen and oxygen atoms in total. The van der Waals surface area contributed by atoms with E-state index in [0.29, 0.717) is 19.4 Å². The molecule has 0 N–H and O–H groups in total. The summed E-state index contributed by atoms with van der Waals surface area (Å²) in [4.78, 5) is 23.4. The van der Waals surface area contributed by atoms with Crippen molar-refractivity contribution >= 4 is 11.8 Å². The maximum atomic E-state index is 11.8. The van der Waals surface area contributed by atoms with Crippen LogP contribution >= 0.6 is 0 Å². The molecule has 0 spiro atoms. The van der Waals surface area contributed by atoms with E-state index in [4.69, 9.17) is 4.74 Å². The lowest BCUT2D eigenvalue weighted by Gasteiger charge is -2.20. The second-order valence-corrected chi connectivity index (χ2v) is 4.59. The smallest absolute Gasteiger partial charge is 0.319 e. The van der Waals surface area contributed by atoms with Gasteiger partial charge in [-0.1, -0.05) is 11.6 Å². The standard InChI is InChI=1S/C13H22O3/c1-6-16-12(15)13(4,5)11(14)9-7-8-10(2)3/h8H,6-7,9H2,1-5H3. The molecule has 0 radical (unpaired) electrons. The van der Waals surface area contributed by atoms with Crippen LogP contribution in [0.2, 0.25) is 0 Å². The second kappa shape index (κ2) is 6.46. The predicted octanol–water partition coefficient (Wildman–Crippen LogP) is 2.89. The summed E-state index contributed by atoms with van der Waals surface area (Å²) in [6.07, 6.45) is 3.07. The molecule has 0 heterocycles. The first kappa shape index (κ1) is 14.9. The topological polar surface area (TPSA) is 43.4 Å². The lowest BCUT2D eigenvalue weighted by atomic mass is 9.85. The first-order chi connectivity index (χ1) is 7.32. The van der Waals surface area contributed by atoms with Crippen LogP contribution in [0.15, 0.2) is 11.6 Å². The maximum absolute atomic E-state index is 11.8. The minimum Gasteiger partial charge on any atom is -0.465 e. The molecule has 0 fully saturated rings. The number of carbonyl (C=O) groups excluding carboxylic acids is 2. The van der Waals surface area contributed by atoms with Crippen LogP contribution in [0.5, 0.6) is 0 Å². The van der Waals surface area contributed by atoms with Crippen molar-refractivity contribution in [1.29, 1.82) is 0 Å². The second-order valence-electron chi connectivity index (χ2n) is 4.59. The Kier molecular flexibility index (Phi) is 6.01. The van der Waals surface area contributed by atoms with Gasteiger partial charge in [0.05, 0.1) is 6.61 Å². The highest BCUT2D eigenvalue weighted by Crippen LogP contribution is 2.21. The monoisotopic (exact) mass is 226 g/mol. The minimum absolute atomic E-state index is 0.0662. The molecule has 16 heavy (non-hydrogen) atoms. The molecule has 0 rings (SSSR count). The van der Waals surface area contributed by atoms with E-state index in [0.717, 1.165) is 0 Å². The van der Waals surface area contributed by atoms with Gasteiger partial charge in [0.2, 0.25) is 0 Å². The zero-order valence-corrected chi connectivity index (χ0v) is 10.9. The van der Waals surface area contributed by atoms with Crippen LogP contribution in [0.25, 0.3) is 0 Å². The molecule has 0 unspecified atom stereocenters. The fraction of sp³-hybridized carbons (Fsp3) is 0.692. The molecule has 0 bridgehead atoms. The van der Waals surface area contributed by atoms with E-state index in [1.54, 1.807) is 20.8 Å². The molecular formula is C13H22O3. The first-order valence-corrected chi connectivity index (χ1v) is 5.66. The van der Waals surface area contributed by atoms with Crippen LogP contribution in [0.4, 0.5) is 0 Å². The normalized spacial score (nSPS) is 10.8. The molecule has 0 saturated carbocycles. The molecule has 0 amide bonds. The van der Waals surface area contributed by atoms with Gasteiger partial charge in [0, 0.05) is 6.42 Å². The first-order valence-electron chi connectivity index (χ1n) is 5.66. The van der Waals surface area contributed by atoms with Gasteiger partial charge in [-0.25, -0.2) is 0 Å². The maximum Gasteiger partial charge on any atom is 0.319 e. The Morgan fingerprint density at radius 3 is 2.25 bits per heavy atom. The number of Topliss-reactive ketones (excluding diaryl/α,β-unsaturated/α-hetero) is 1. The summed E-state index contributed by atoms with van der Waals surface area (Å²) >= 11 is 0. The van der Waals surface area contributed by atoms with Crippen molar-refractivity contribution in [3.05, 3.63) is 11.6 Å². The molecule has 0 aromatic carbocycles. The predicted molar refractivity (Wildman–Crippen MR) is 64.1 cm³/mol. The van der Waals surface area contributed by atoms with E-state index in [2.05, 4.69) is 0 Å². The van der Waals surface area contributed by atoms with Crippen molar-refractivity contribution in [2.45, 2.75) is 47.5 Å². The molecule has 0 aliphatic rings. The molecule has 3 heteroatoms. The van der Waals surface area contributed by atoms with Crippen molar-refractivity contribution in [2.24, 2.45) is 5.41 Å². The summed E-state index contributed by atoms with van der Waals surface area (Å²) in [6, 6.07) is 0. The summed E-state index contributed by atoms with van der Waals surface area (Å²) in [5, 5.41) is 0. The Bertz CT molecular complexity index is 284. The zero-order valence-electron chi connectivity index (χ0n) is 10.9. The minimum atomic E-state index is -1.02. The van der Waals surface area contributed by atoms with Crippen molar-refractivity contribution in [2.75, 3.05) is 6.61 Å². The van der Waals surface area contributed by atoms with Gasteiger partial charge < -0.3 is 4.74 Å². The number of esters is 1. The highest BCUT2D eigenvalue weighted by Gasteiger charge is 2.36. The number of hydrogen-bond donors (Lipinski definition) is 0. The van der Waals surface area contributed by atoms with Gasteiger partial charge in [0.15, 0.2) is 0 Å². The van der Waals surface area contributed by atoms with E-state index in [9.17, 15) is 9.59 Å². The summed E-state index contributed by atoms with van der Waals surface area (Å²) in [6.45, 7) is 9.26. The third kappa shape index (κ3) is 4.60. The quantitative estimate of drug-likeness (QED) is 0.397. The molecular weight excluding hydrogens is 204 g/mol. The third-order valence-corrected chi connectivity index (χ3v) is 2.41. The van der Waals surface area contributed by atoms with Crippen LogP contribution in [0.3, 0.4) is 0 Å².